The van der Waals surface area contributed by atoms with Gasteiger partial charge in [0.1, 0.15) is 22.9 Å². The summed E-state index contributed by atoms with van der Waals surface area (Å²) in [5.41, 5.74) is 1.41. The number of hydrogen-bond donors (Lipinski definition) is 1. The largest absolute Gasteiger partial charge is 0.495 e. The number of carbonyl (C=O) groups is 1. The fraction of sp³-hybridized carbons (Fsp3) is 0.480. The van der Waals surface area contributed by atoms with Gasteiger partial charge in [0, 0.05) is 12.1 Å². The van der Waals surface area contributed by atoms with Crippen molar-refractivity contribution in [3.63, 3.8) is 0 Å². The molecule has 1 N–H and O–H groups in total. The number of aryl methyl sites for hydroxylation is 1. The molecule has 0 amide bonds. The Morgan fingerprint density at radius 2 is 2.03 bits per heavy atom. The third kappa shape index (κ3) is 4.37. The smallest absolute Gasteiger partial charge is 0.229 e. The van der Waals surface area contributed by atoms with Gasteiger partial charge in [-0.3, -0.25) is 4.57 Å². The van der Waals surface area contributed by atoms with E-state index in [2.05, 4.69) is 36.9 Å². The number of ether oxygens (including phenoxy) is 1. The van der Waals surface area contributed by atoms with E-state index in [1.807, 2.05) is 13.1 Å². The van der Waals surface area contributed by atoms with Crippen LogP contribution in [0.3, 0.4) is 0 Å². The van der Waals surface area contributed by atoms with E-state index in [-0.39, 0.29) is 6.04 Å². The van der Waals surface area contributed by atoms with E-state index in [9.17, 15) is 4.79 Å². The van der Waals surface area contributed by atoms with Gasteiger partial charge in [0.05, 0.1) is 25.0 Å². The van der Waals surface area contributed by atoms with Crippen molar-refractivity contribution in [2.24, 2.45) is 5.92 Å². The molecule has 0 unspecified atom stereocenters. The van der Waals surface area contributed by atoms with Gasteiger partial charge in [0.15, 0.2) is 19.5 Å². The first-order chi connectivity index (χ1) is 17.0. The molecule has 2 aromatic heterocycles. The number of anilines is 3. The molecule has 0 bridgehead atoms. The Morgan fingerprint density at radius 1 is 1.23 bits per heavy atom. The number of aromatic nitrogens is 5. The molecule has 1 aromatic carbocycles. The average molecular weight is 471 g/mol. The van der Waals surface area contributed by atoms with E-state index in [1.165, 1.54) is 32.1 Å². The predicted molar refractivity (Wildman–Crippen MR) is 135 cm³/mol. The highest BCUT2D eigenvalue weighted by Gasteiger charge is 2.36. The third-order valence-electron chi connectivity index (χ3n) is 7.09. The van der Waals surface area contributed by atoms with Crippen LogP contribution >= 0.6 is 0 Å². The molecule has 5 rings (SSSR count). The van der Waals surface area contributed by atoms with Crippen molar-refractivity contribution < 1.29 is 9.53 Å². The van der Waals surface area contributed by atoms with E-state index < -0.39 is 5.68 Å². The van der Waals surface area contributed by atoms with Crippen molar-refractivity contribution in [1.29, 1.82) is 0 Å². The van der Waals surface area contributed by atoms with Gasteiger partial charge in [-0.25, -0.2) is 4.98 Å². The predicted octanol–water partition coefficient (Wildman–Crippen LogP) is 4.28. The van der Waals surface area contributed by atoms with Crippen LogP contribution < -0.4 is 15.0 Å². The van der Waals surface area contributed by atoms with Gasteiger partial charge in [-0.1, -0.05) is 32.3 Å². The van der Waals surface area contributed by atoms with Crippen LogP contribution in [0.25, 0.3) is 5.69 Å². The molecule has 2 radical (unpaired) electrons. The summed E-state index contributed by atoms with van der Waals surface area (Å²) in [6.07, 6.45) is 9.11. The van der Waals surface area contributed by atoms with Gasteiger partial charge in [0.2, 0.25) is 5.95 Å². The van der Waals surface area contributed by atoms with Gasteiger partial charge in [-0.15, -0.1) is 10.2 Å². The number of hydrogen-bond acceptors (Lipinski definition) is 8. The number of fused-ring (bicyclic) bond motifs is 3. The summed E-state index contributed by atoms with van der Waals surface area (Å²) in [5.74, 6) is 4.22. The summed E-state index contributed by atoms with van der Waals surface area (Å²) >= 11 is 0. The number of methoxy groups -OCH3 is 1. The van der Waals surface area contributed by atoms with Crippen molar-refractivity contribution in [3.05, 3.63) is 41.6 Å². The van der Waals surface area contributed by atoms with Gasteiger partial charge < -0.3 is 19.7 Å². The van der Waals surface area contributed by atoms with Crippen LogP contribution in [0.1, 0.15) is 73.5 Å². The molecular weight excluding hydrogens is 441 g/mol. The number of nitrogens with one attached hydrogen (secondary N) is 1. The maximum Gasteiger partial charge on any atom is 0.229 e. The van der Waals surface area contributed by atoms with Crippen LogP contribution in [0, 0.1) is 12.8 Å². The lowest BCUT2D eigenvalue weighted by molar-refractivity contribution is 0.108. The van der Waals surface area contributed by atoms with Gasteiger partial charge in [-0.05, 0) is 44.2 Å². The van der Waals surface area contributed by atoms with Crippen molar-refractivity contribution in [3.8, 4) is 11.4 Å². The third-order valence-corrected chi connectivity index (χ3v) is 7.09. The minimum absolute atomic E-state index is 0.0952. The van der Waals surface area contributed by atoms with Gasteiger partial charge in [0.25, 0.3) is 0 Å². The fourth-order valence-electron chi connectivity index (χ4n) is 5.31. The number of nitrogens with zero attached hydrogens (tertiary/aromatic N) is 6. The molecule has 1 fully saturated rings. The molecule has 180 valence electrons. The lowest BCUT2D eigenvalue weighted by Gasteiger charge is -2.39. The summed E-state index contributed by atoms with van der Waals surface area (Å²) in [7, 11) is 6.97. The number of carbonyl (C=O) groups excluding carboxylic acids is 1. The quantitative estimate of drug-likeness (QED) is 0.510. The summed E-state index contributed by atoms with van der Waals surface area (Å²) in [6, 6.07) is 5.11. The summed E-state index contributed by atoms with van der Waals surface area (Å²) < 4.78 is 7.55. The highest BCUT2D eigenvalue weighted by Crippen LogP contribution is 2.41. The van der Waals surface area contributed by atoms with Crippen LogP contribution in [-0.4, -0.2) is 51.9 Å². The van der Waals surface area contributed by atoms with Crippen LogP contribution in [0.5, 0.6) is 5.75 Å². The number of rotatable bonds is 7. The monoisotopic (exact) mass is 471 g/mol. The molecule has 0 saturated heterocycles. The minimum Gasteiger partial charge on any atom is -0.495 e. The molecule has 9 nitrogen and oxygen atoms in total. The Kier molecular flexibility index (Phi) is 6.45. The molecule has 1 aliphatic carbocycles. The highest BCUT2D eigenvalue weighted by molar-refractivity contribution is 6.62. The van der Waals surface area contributed by atoms with Crippen molar-refractivity contribution >= 4 is 31.0 Å². The average Bonchev–Trinajstić information content (AvgIpc) is 3.26. The maximum atomic E-state index is 11.6. The highest BCUT2D eigenvalue weighted by atomic mass is 16.5. The Hall–Kier alpha value is -3.43. The Bertz CT molecular complexity index is 1240. The summed E-state index contributed by atoms with van der Waals surface area (Å²) in [6.45, 7) is 5.08. The van der Waals surface area contributed by atoms with Crippen LogP contribution in [0.2, 0.25) is 0 Å². The van der Waals surface area contributed by atoms with E-state index in [4.69, 9.17) is 17.6 Å². The second-order valence-corrected chi connectivity index (χ2v) is 9.33. The first-order valence-electron chi connectivity index (χ1n) is 12.3. The van der Waals surface area contributed by atoms with Crippen LogP contribution in [-0.2, 0) is 0 Å². The maximum absolute atomic E-state index is 11.6. The lowest BCUT2D eigenvalue weighted by atomic mass is 9.88. The normalized spacial score (nSPS) is 17.6. The molecule has 1 atom stereocenters. The summed E-state index contributed by atoms with van der Waals surface area (Å²) in [5, 5.41) is 12.2. The van der Waals surface area contributed by atoms with Crippen molar-refractivity contribution in [2.75, 3.05) is 23.9 Å². The van der Waals surface area contributed by atoms with Crippen LogP contribution in [0.15, 0.2) is 24.4 Å². The Morgan fingerprint density at radius 3 is 2.74 bits per heavy atom. The zero-order valence-corrected chi connectivity index (χ0v) is 20.5. The molecule has 1 saturated carbocycles. The second kappa shape index (κ2) is 9.68. The Balaban J connectivity index is 1.54. The zero-order chi connectivity index (χ0) is 24.5. The molecule has 10 heteroatoms. The van der Waals surface area contributed by atoms with Crippen molar-refractivity contribution in [2.45, 2.75) is 58.4 Å². The van der Waals surface area contributed by atoms with E-state index in [1.54, 1.807) is 25.3 Å². The van der Waals surface area contributed by atoms with Gasteiger partial charge >= 0.3 is 0 Å². The van der Waals surface area contributed by atoms with Crippen molar-refractivity contribution in [1.82, 2.24) is 24.7 Å². The zero-order valence-electron chi connectivity index (χ0n) is 20.5. The second-order valence-electron chi connectivity index (χ2n) is 9.33. The van der Waals surface area contributed by atoms with E-state index in [0.717, 1.165) is 36.1 Å². The minimum atomic E-state index is -0.510. The molecule has 1 aliphatic heterocycles. The SMILES string of the molecule is [B]C(=O)c1ccc(Nc2ncc3c(n2)N(CC2CCCCC2)[C@H](CC)c2nnc(C)n2-3)c(OC)c1. The molecule has 2 aliphatic rings. The molecule has 3 aromatic rings. The molecule has 0 spiro atoms. The molecule has 35 heavy (non-hydrogen) atoms. The topological polar surface area (TPSA) is 98.1 Å². The molecule has 3 heterocycles. The molecular formula is C25H30BN7O2. The van der Waals surface area contributed by atoms with Gasteiger partial charge in [-0.2, -0.15) is 4.98 Å². The Labute approximate surface area is 206 Å². The van der Waals surface area contributed by atoms with Crippen LogP contribution in [0.4, 0.5) is 17.5 Å². The first-order valence-corrected chi connectivity index (χ1v) is 12.3. The standard InChI is InChI=1S/C25H30BN7O2/c1-4-19-24-31-30-15(2)33(24)20-13-27-25(28-18-11-10-17(22(26)34)12-21(18)35-3)29-23(20)32(19)14-16-8-6-5-7-9-16/h10-13,16,19H,4-9,14H2,1-3H3,(H,27,28,29)/t19-/m1/s1. The number of benzene rings is 1. The van der Waals surface area contributed by atoms with E-state index >= 15 is 0 Å². The van der Waals surface area contributed by atoms with E-state index in [0.29, 0.717) is 28.9 Å². The first kappa shape index (κ1) is 23.3. The lowest BCUT2D eigenvalue weighted by Crippen LogP contribution is -2.39. The fourth-order valence-corrected chi connectivity index (χ4v) is 5.31. The summed E-state index contributed by atoms with van der Waals surface area (Å²) in [4.78, 5) is 23.6.